The Morgan fingerprint density at radius 2 is 2.40 bits per heavy atom. The van der Waals surface area contributed by atoms with Gasteiger partial charge >= 0.3 is 0 Å². The van der Waals surface area contributed by atoms with Gasteiger partial charge in [-0.3, -0.25) is 0 Å². The van der Waals surface area contributed by atoms with E-state index in [-0.39, 0.29) is 6.61 Å². The highest BCUT2D eigenvalue weighted by Gasteiger charge is 2.09. The maximum Gasteiger partial charge on any atom is 0.215 e. The molecule has 0 unspecified atom stereocenters. The first kappa shape index (κ1) is 10.1. The molecule has 0 amide bonds. The van der Waals surface area contributed by atoms with Gasteiger partial charge in [0, 0.05) is 18.8 Å². The highest BCUT2D eigenvalue weighted by atomic mass is 32.2. The second kappa shape index (κ2) is 4.37. The number of pyridine rings is 1. The van der Waals surface area contributed by atoms with E-state index in [1.54, 1.807) is 24.0 Å². The van der Waals surface area contributed by atoms with Crippen LogP contribution in [0.2, 0.25) is 0 Å². The molecule has 0 atom stereocenters. The SMILES string of the molecule is Cn1nnnc1Sc1ncccc1CO. The summed E-state index contributed by atoms with van der Waals surface area (Å²) in [6, 6.07) is 3.60. The molecule has 2 aromatic rings. The first-order chi connectivity index (χ1) is 7.31. The summed E-state index contributed by atoms with van der Waals surface area (Å²) in [5.41, 5.74) is 0.769. The molecule has 7 heteroatoms. The average Bonchev–Trinajstić information content (AvgIpc) is 2.65. The summed E-state index contributed by atoms with van der Waals surface area (Å²) in [6.45, 7) is -0.0402. The van der Waals surface area contributed by atoms with E-state index in [0.717, 1.165) is 10.6 Å². The lowest BCUT2D eigenvalue weighted by molar-refractivity contribution is 0.278. The van der Waals surface area contributed by atoms with Gasteiger partial charge in [-0.25, -0.2) is 9.67 Å². The number of hydrogen-bond donors (Lipinski definition) is 1. The predicted molar refractivity (Wildman–Crippen MR) is 53.1 cm³/mol. The van der Waals surface area contributed by atoms with E-state index < -0.39 is 0 Å². The number of nitrogens with zero attached hydrogens (tertiary/aromatic N) is 5. The molecule has 0 saturated heterocycles. The van der Waals surface area contributed by atoms with Gasteiger partial charge in [-0.15, -0.1) is 5.10 Å². The van der Waals surface area contributed by atoms with Crippen LogP contribution < -0.4 is 0 Å². The van der Waals surface area contributed by atoms with E-state index in [1.807, 2.05) is 6.07 Å². The van der Waals surface area contributed by atoms with Crippen molar-refractivity contribution in [1.29, 1.82) is 0 Å². The molecule has 0 aliphatic heterocycles. The molecular formula is C8H9N5OS. The number of aliphatic hydroxyl groups excluding tert-OH is 1. The van der Waals surface area contributed by atoms with Crippen LogP contribution in [-0.2, 0) is 13.7 Å². The lowest BCUT2D eigenvalue weighted by Crippen LogP contribution is -1.95. The van der Waals surface area contributed by atoms with Crippen molar-refractivity contribution in [2.75, 3.05) is 0 Å². The molecule has 2 heterocycles. The number of hydrogen-bond acceptors (Lipinski definition) is 6. The van der Waals surface area contributed by atoms with Gasteiger partial charge in [-0.05, 0) is 28.3 Å². The van der Waals surface area contributed by atoms with Gasteiger partial charge in [0.05, 0.1) is 6.61 Å². The molecule has 0 aliphatic carbocycles. The molecule has 0 aliphatic rings. The largest absolute Gasteiger partial charge is 0.392 e. The van der Waals surface area contributed by atoms with Crippen LogP contribution in [0.1, 0.15) is 5.56 Å². The van der Waals surface area contributed by atoms with Gasteiger partial charge in [0.2, 0.25) is 5.16 Å². The Hall–Kier alpha value is -1.47. The minimum Gasteiger partial charge on any atom is -0.392 e. The van der Waals surface area contributed by atoms with Gasteiger partial charge < -0.3 is 5.11 Å². The van der Waals surface area contributed by atoms with Crippen LogP contribution in [0.15, 0.2) is 28.5 Å². The van der Waals surface area contributed by atoms with Crippen molar-refractivity contribution in [3.63, 3.8) is 0 Å². The van der Waals surface area contributed by atoms with E-state index in [9.17, 15) is 0 Å². The molecule has 6 nitrogen and oxygen atoms in total. The third-order valence-corrected chi connectivity index (χ3v) is 2.88. The van der Waals surface area contributed by atoms with Crippen LogP contribution in [0.25, 0.3) is 0 Å². The Kier molecular flexibility index (Phi) is 2.93. The van der Waals surface area contributed by atoms with Crippen molar-refractivity contribution in [2.45, 2.75) is 16.8 Å². The molecule has 2 rings (SSSR count). The first-order valence-corrected chi connectivity index (χ1v) is 5.08. The number of aliphatic hydroxyl groups is 1. The summed E-state index contributed by atoms with van der Waals surface area (Å²) in [7, 11) is 1.75. The molecule has 1 N–H and O–H groups in total. The van der Waals surface area contributed by atoms with Crippen LogP contribution in [0.5, 0.6) is 0 Å². The molecule has 0 bridgehead atoms. The second-order valence-electron chi connectivity index (χ2n) is 2.81. The Morgan fingerprint density at radius 3 is 3.07 bits per heavy atom. The van der Waals surface area contributed by atoms with Gasteiger partial charge in [-0.2, -0.15) is 0 Å². The van der Waals surface area contributed by atoms with E-state index in [1.165, 1.54) is 11.8 Å². The van der Waals surface area contributed by atoms with Crippen LogP contribution in [-0.4, -0.2) is 30.3 Å². The molecule has 15 heavy (non-hydrogen) atoms. The van der Waals surface area contributed by atoms with Crippen LogP contribution >= 0.6 is 11.8 Å². The quantitative estimate of drug-likeness (QED) is 0.803. The predicted octanol–water partition coefficient (Wildman–Crippen LogP) is 0.249. The van der Waals surface area contributed by atoms with Gasteiger partial charge in [0.25, 0.3) is 0 Å². The number of aryl methyl sites for hydroxylation is 1. The lowest BCUT2D eigenvalue weighted by Gasteiger charge is -2.03. The Balaban J connectivity index is 2.28. The highest BCUT2D eigenvalue weighted by Crippen LogP contribution is 2.25. The Labute approximate surface area is 90.3 Å². The fourth-order valence-corrected chi connectivity index (χ4v) is 1.83. The third kappa shape index (κ3) is 2.13. The van der Waals surface area contributed by atoms with Crippen LogP contribution in [0.3, 0.4) is 0 Å². The fourth-order valence-electron chi connectivity index (χ4n) is 1.03. The standard InChI is InChI=1S/C8H9N5OS/c1-13-8(10-11-12-13)15-7-6(5-14)3-2-4-9-7/h2-4,14H,5H2,1H3. The molecule has 0 fully saturated rings. The summed E-state index contributed by atoms with van der Waals surface area (Å²) in [5, 5.41) is 21.5. The number of aromatic nitrogens is 5. The fraction of sp³-hybridized carbons (Fsp3) is 0.250. The summed E-state index contributed by atoms with van der Waals surface area (Å²) in [5.74, 6) is 0. The van der Waals surface area contributed by atoms with E-state index >= 15 is 0 Å². The molecule has 2 aromatic heterocycles. The summed E-state index contributed by atoms with van der Waals surface area (Å²) < 4.78 is 1.56. The normalized spacial score (nSPS) is 10.5. The summed E-state index contributed by atoms with van der Waals surface area (Å²) in [4.78, 5) is 4.16. The van der Waals surface area contributed by atoms with Gasteiger partial charge in [-0.1, -0.05) is 6.07 Å². The van der Waals surface area contributed by atoms with E-state index in [4.69, 9.17) is 5.11 Å². The Bertz CT molecular complexity index is 458. The smallest absolute Gasteiger partial charge is 0.215 e. The van der Waals surface area contributed by atoms with E-state index in [2.05, 4.69) is 20.5 Å². The zero-order chi connectivity index (χ0) is 10.7. The lowest BCUT2D eigenvalue weighted by atomic mass is 10.3. The minimum atomic E-state index is -0.0402. The van der Waals surface area contributed by atoms with E-state index in [0.29, 0.717) is 5.16 Å². The van der Waals surface area contributed by atoms with Gasteiger partial charge in [0.15, 0.2) is 0 Å². The zero-order valence-corrected chi connectivity index (χ0v) is 8.85. The zero-order valence-electron chi connectivity index (χ0n) is 8.03. The molecule has 0 spiro atoms. The molecule has 0 saturated carbocycles. The monoisotopic (exact) mass is 223 g/mol. The molecule has 0 radical (unpaired) electrons. The topological polar surface area (TPSA) is 76.7 Å². The van der Waals surface area contributed by atoms with Crippen molar-refractivity contribution in [3.8, 4) is 0 Å². The molecule has 78 valence electrons. The maximum atomic E-state index is 9.10. The summed E-state index contributed by atoms with van der Waals surface area (Å²) in [6.07, 6.45) is 1.67. The highest BCUT2D eigenvalue weighted by molar-refractivity contribution is 7.99. The number of tetrazole rings is 1. The molecule has 0 aromatic carbocycles. The second-order valence-corrected chi connectivity index (χ2v) is 3.77. The third-order valence-electron chi connectivity index (χ3n) is 1.79. The average molecular weight is 223 g/mol. The number of rotatable bonds is 3. The van der Waals surface area contributed by atoms with Crippen LogP contribution in [0, 0.1) is 0 Å². The van der Waals surface area contributed by atoms with Crippen molar-refractivity contribution < 1.29 is 5.11 Å². The van der Waals surface area contributed by atoms with Crippen molar-refractivity contribution in [2.24, 2.45) is 7.05 Å². The first-order valence-electron chi connectivity index (χ1n) is 4.26. The van der Waals surface area contributed by atoms with Crippen molar-refractivity contribution in [3.05, 3.63) is 23.9 Å². The van der Waals surface area contributed by atoms with Crippen molar-refractivity contribution in [1.82, 2.24) is 25.2 Å². The summed E-state index contributed by atoms with van der Waals surface area (Å²) >= 11 is 1.33. The molecular weight excluding hydrogens is 214 g/mol. The Morgan fingerprint density at radius 1 is 1.53 bits per heavy atom. The van der Waals surface area contributed by atoms with Gasteiger partial charge in [0.1, 0.15) is 5.03 Å². The van der Waals surface area contributed by atoms with Crippen molar-refractivity contribution >= 4 is 11.8 Å². The van der Waals surface area contributed by atoms with Crippen LogP contribution in [0.4, 0.5) is 0 Å². The maximum absolute atomic E-state index is 9.10. The minimum absolute atomic E-state index is 0.0402.